The van der Waals surface area contributed by atoms with Gasteiger partial charge in [-0.1, -0.05) is 12.1 Å². The summed E-state index contributed by atoms with van der Waals surface area (Å²) in [5.41, 5.74) is 0. The third kappa shape index (κ3) is 6.34. The maximum atomic E-state index is 9.44. The van der Waals surface area contributed by atoms with Gasteiger partial charge in [-0.25, -0.2) is 0 Å². The maximum absolute atomic E-state index is 9.44. The number of ketones is 1. The first-order valence-electron chi connectivity index (χ1n) is 3.83. The molecule has 3 heteroatoms. The molecule has 0 radical (unpaired) electrons. The molecule has 0 saturated heterocycles. The van der Waals surface area contributed by atoms with Crippen molar-refractivity contribution in [2.45, 2.75) is 13.8 Å². The summed E-state index contributed by atoms with van der Waals surface area (Å²) in [6.07, 6.45) is 0. The number of carbonyl (C=O) groups is 1. The number of ether oxygens (including phenoxy) is 1. The van der Waals surface area contributed by atoms with Gasteiger partial charge in [0.25, 0.3) is 0 Å². The van der Waals surface area contributed by atoms with E-state index in [1.54, 1.807) is 7.11 Å². The summed E-state index contributed by atoms with van der Waals surface area (Å²) in [7, 11) is 1.65. The van der Waals surface area contributed by atoms with Gasteiger partial charge in [0.2, 0.25) is 0 Å². The Morgan fingerprint density at radius 1 is 1.31 bits per heavy atom. The van der Waals surface area contributed by atoms with Gasteiger partial charge in [-0.3, -0.25) is 0 Å². The zero-order chi connectivity index (χ0) is 10.3. The van der Waals surface area contributed by atoms with Crippen LogP contribution in [0.3, 0.4) is 0 Å². The molecule has 1 rings (SSSR count). The summed E-state index contributed by atoms with van der Waals surface area (Å²) in [5, 5.41) is 0. The van der Waals surface area contributed by atoms with Crippen LogP contribution in [-0.4, -0.2) is 12.9 Å². The number of para-hydroxylation sites is 1. The minimum absolute atomic E-state index is 0.167. The number of halogens is 1. The van der Waals surface area contributed by atoms with Gasteiger partial charge < -0.3 is 9.53 Å². The van der Waals surface area contributed by atoms with E-state index in [0.29, 0.717) is 0 Å². The van der Waals surface area contributed by atoms with Gasteiger partial charge in [0.1, 0.15) is 11.5 Å². The first kappa shape index (κ1) is 12.2. The van der Waals surface area contributed by atoms with E-state index in [0.717, 1.165) is 10.2 Å². The SMILES string of the molecule is CC(C)=O.COc1ccccc1Br. The van der Waals surface area contributed by atoms with E-state index < -0.39 is 0 Å². The fourth-order valence-corrected chi connectivity index (χ4v) is 1.06. The molecular weight excluding hydrogens is 232 g/mol. The second-order valence-electron chi connectivity index (χ2n) is 2.54. The second kappa shape index (κ2) is 6.66. The Kier molecular flexibility index (Phi) is 6.24. The van der Waals surface area contributed by atoms with Gasteiger partial charge in [-0.05, 0) is 41.9 Å². The fraction of sp³-hybridized carbons (Fsp3) is 0.300. The predicted octanol–water partition coefficient (Wildman–Crippen LogP) is 3.05. The number of rotatable bonds is 1. The van der Waals surface area contributed by atoms with Crippen LogP contribution >= 0.6 is 15.9 Å². The van der Waals surface area contributed by atoms with Gasteiger partial charge >= 0.3 is 0 Å². The lowest BCUT2D eigenvalue weighted by molar-refractivity contribution is -0.114. The molecule has 0 N–H and O–H groups in total. The van der Waals surface area contributed by atoms with Crippen molar-refractivity contribution in [1.82, 2.24) is 0 Å². The minimum Gasteiger partial charge on any atom is -0.496 e. The highest BCUT2D eigenvalue weighted by Gasteiger charge is 1.92. The molecule has 1 aromatic carbocycles. The molecule has 2 nitrogen and oxygen atoms in total. The van der Waals surface area contributed by atoms with Crippen LogP contribution in [-0.2, 0) is 4.79 Å². The van der Waals surface area contributed by atoms with Crippen LogP contribution in [0, 0.1) is 0 Å². The number of benzene rings is 1. The van der Waals surface area contributed by atoms with Crippen molar-refractivity contribution in [1.29, 1.82) is 0 Å². The monoisotopic (exact) mass is 244 g/mol. The Labute approximate surface area is 87.0 Å². The van der Waals surface area contributed by atoms with Crippen molar-refractivity contribution >= 4 is 21.7 Å². The molecule has 0 heterocycles. The van der Waals surface area contributed by atoms with Crippen LogP contribution in [0.25, 0.3) is 0 Å². The van der Waals surface area contributed by atoms with Crippen LogP contribution in [0.5, 0.6) is 5.75 Å². The van der Waals surface area contributed by atoms with Crippen molar-refractivity contribution in [3.63, 3.8) is 0 Å². The molecular formula is C10H13BrO2. The Morgan fingerprint density at radius 3 is 2.08 bits per heavy atom. The molecule has 72 valence electrons. The van der Waals surface area contributed by atoms with Gasteiger partial charge in [-0.15, -0.1) is 0 Å². The zero-order valence-corrected chi connectivity index (χ0v) is 9.59. The smallest absolute Gasteiger partial charge is 0.133 e. The topological polar surface area (TPSA) is 26.3 Å². The first-order valence-corrected chi connectivity index (χ1v) is 4.63. The number of carbonyl (C=O) groups excluding carboxylic acids is 1. The summed E-state index contributed by atoms with van der Waals surface area (Å²) in [6.45, 7) is 3.06. The molecule has 0 saturated carbocycles. The summed E-state index contributed by atoms with van der Waals surface area (Å²) in [5.74, 6) is 1.04. The Morgan fingerprint density at radius 2 is 1.77 bits per heavy atom. The summed E-state index contributed by atoms with van der Waals surface area (Å²) in [4.78, 5) is 9.44. The highest BCUT2D eigenvalue weighted by molar-refractivity contribution is 9.10. The van der Waals surface area contributed by atoms with Crippen molar-refractivity contribution in [3.8, 4) is 5.75 Å². The normalized spacial score (nSPS) is 8.31. The molecule has 0 aliphatic heterocycles. The first-order chi connectivity index (χ1) is 6.07. The van der Waals surface area contributed by atoms with E-state index >= 15 is 0 Å². The zero-order valence-electron chi connectivity index (χ0n) is 8.00. The summed E-state index contributed by atoms with van der Waals surface area (Å²) in [6, 6.07) is 7.74. The Bertz CT molecular complexity index is 267. The number of hydrogen-bond donors (Lipinski definition) is 0. The third-order valence-electron chi connectivity index (χ3n) is 1.06. The highest BCUT2D eigenvalue weighted by atomic mass is 79.9. The molecule has 0 amide bonds. The second-order valence-corrected chi connectivity index (χ2v) is 3.40. The van der Waals surface area contributed by atoms with Crippen LogP contribution in [0.1, 0.15) is 13.8 Å². The van der Waals surface area contributed by atoms with E-state index in [1.807, 2.05) is 24.3 Å². The van der Waals surface area contributed by atoms with E-state index in [2.05, 4.69) is 15.9 Å². The highest BCUT2D eigenvalue weighted by Crippen LogP contribution is 2.22. The summed E-state index contributed by atoms with van der Waals surface area (Å²) < 4.78 is 5.99. The van der Waals surface area contributed by atoms with E-state index in [-0.39, 0.29) is 5.78 Å². The van der Waals surface area contributed by atoms with Crippen LogP contribution in [0.15, 0.2) is 28.7 Å². The van der Waals surface area contributed by atoms with E-state index in [1.165, 1.54) is 13.8 Å². The van der Waals surface area contributed by atoms with Crippen LogP contribution in [0.4, 0.5) is 0 Å². The van der Waals surface area contributed by atoms with Gasteiger partial charge in [0.15, 0.2) is 0 Å². The quantitative estimate of drug-likeness (QED) is 0.760. The van der Waals surface area contributed by atoms with Crippen molar-refractivity contribution in [2.75, 3.05) is 7.11 Å². The third-order valence-corrected chi connectivity index (χ3v) is 1.71. The van der Waals surface area contributed by atoms with Gasteiger partial charge in [0, 0.05) is 0 Å². The Hall–Kier alpha value is -0.830. The average molecular weight is 245 g/mol. The molecule has 0 unspecified atom stereocenters. The standard InChI is InChI=1S/C7H7BrO.C3H6O/c1-9-7-5-3-2-4-6(7)8;1-3(2)4/h2-5H,1H3;1-2H3. The van der Waals surface area contributed by atoms with E-state index in [4.69, 9.17) is 4.74 Å². The molecule has 0 atom stereocenters. The molecule has 1 aromatic rings. The molecule has 0 aliphatic carbocycles. The number of Topliss-reactive ketones (excluding diaryl/α,β-unsaturated/α-hetero) is 1. The molecule has 0 bridgehead atoms. The molecule has 0 fully saturated rings. The van der Waals surface area contributed by atoms with Crippen LogP contribution < -0.4 is 4.74 Å². The lowest BCUT2D eigenvalue weighted by Gasteiger charge is -1.99. The lowest BCUT2D eigenvalue weighted by atomic mass is 10.3. The fourth-order valence-electron chi connectivity index (χ4n) is 0.610. The van der Waals surface area contributed by atoms with Crippen molar-refractivity contribution in [3.05, 3.63) is 28.7 Å². The van der Waals surface area contributed by atoms with Crippen molar-refractivity contribution in [2.24, 2.45) is 0 Å². The van der Waals surface area contributed by atoms with Gasteiger partial charge in [0.05, 0.1) is 11.6 Å². The number of methoxy groups -OCH3 is 1. The molecule has 0 aliphatic rings. The molecule has 0 spiro atoms. The maximum Gasteiger partial charge on any atom is 0.133 e. The molecule has 0 aromatic heterocycles. The average Bonchev–Trinajstić information content (AvgIpc) is 2.04. The Balaban J connectivity index is 0.000000310. The number of hydrogen-bond acceptors (Lipinski definition) is 2. The van der Waals surface area contributed by atoms with E-state index in [9.17, 15) is 4.79 Å². The largest absolute Gasteiger partial charge is 0.496 e. The predicted molar refractivity (Wildman–Crippen MR) is 57.0 cm³/mol. The van der Waals surface area contributed by atoms with Crippen molar-refractivity contribution < 1.29 is 9.53 Å². The van der Waals surface area contributed by atoms with Gasteiger partial charge in [-0.2, -0.15) is 0 Å². The lowest BCUT2D eigenvalue weighted by Crippen LogP contribution is -1.81. The summed E-state index contributed by atoms with van der Waals surface area (Å²) >= 11 is 3.33. The minimum atomic E-state index is 0.167. The van der Waals surface area contributed by atoms with Crippen LogP contribution in [0.2, 0.25) is 0 Å². The molecule has 13 heavy (non-hydrogen) atoms.